The minimum Gasteiger partial charge on any atom is -0.505 e. The first-order valence-electron chi connectivity index (χ1n) is 4.44. The molecule has 3 N–H and O–H groups in total. The summed E-state index contributed by atoms with van der Waals surface area (Å²) in [5.74, 6) is -2.09. The van der Waals surface area contributed by atoms with Gasteiger partial charge in [0, 0.05) is 6.54 Å². The van der Waals surface area contributed by atoms with E-state index in [4.69, 9.17) is 10.2 Å². The third kappa shape index (κ3) is 3.21. The van der Waals surface area contributed by atoms with E-state index in [1.807, 2.05) is 0 Å². The minimum absolute atomic E-state index is 0.241. The van der Waals surface area contributed by atoms with Crippen molar-refractivity contribution in [3.05, 3.63) is 29.6 Å². The van der Waals surface area contributed by atoms with Crippen LogP contribution < -0.4 is 5.32 Å². The molecule has 82 valence electrons. The zero-order valence-corrected chi connectivity index (χ0v) is 8.20. The SMILES string of the molecule is CC(NCc1ccc(O)c(F)c1)C(=O)O. The number of rotatable bonds is 4. The second kappa shape index (κ2) is 4.75. The topological polar surface area (TPSA) is 69.6 Å². The van der Waals surface area contributed by atoms with E-state index in [0.29, 0.717) is 5.56 Å². The van der Waals surface area contributed by atoms with Crippen LogP contribution in [0.3, 0.4) is 0 Å². The Morgan fingerprint density at radius 2 is 2.27 bits per heavy atom. The van der Waals surface area contributed by atoms with E-state index in [1.165, 1.54) is 19.1 Å². The van der Waals surface area contributed by atoms with Crippen LogP contribution in [0.1, 0.15) is 12.5 Å². The van der Waals surface area contributed by atoms with Crippen molar-refractivity contribution < 1.29 is 19.4 Å². The Morgan fingerprint density at radius 3 is 2.80 bits per heavy atom. The smallest absolute Gasteiger partial charge is 0.320 e. The Balaban J connectivity index is 2.58. The first-order valence-corrected chi connectivity index (χ1v) is 4.44. The number of aliphatic carboxylic acids is 1. The predicted octanol–water partition coefficient (Wildman–Crippen LogP) is 1.09. The maximum absolute atomic E-state index is 12.9. The van der Waals surface area contributed by atoms with Gasteiger partial charge in [0.15, 0.2) is 11.6 Å². The van der Waals surface area contributed by atoms with Gasteiger partial charge in [0.2, 0.25) is 0 Å². The van der Waals surface area contributed by atoms with Crippen molar-refractivity contribution >= 4 is 5.97 Å². The summed E-state index contributed by atoms with van der Waals surface area (Å²) in [6.07, 6.45) is 0. The normalized spacial score (nSPS) is 12.4. The molecule has 0 heterocycles. The standard InChI is InChI=1S/C10H12FNO3/c1-6(10(14)15)12-5-7-2-3-9(13)8(11)4-7/h2-4,6,12-13H,5H2,1H3,(H,14,15). The second-order valence-electron chi connectivity index (χ2n) is 3.23. The maximum atomic E-state index is 12.9. The predicted molar refractivity (Wildman–Crippen MR) is 52.0 cm³/mol. The highest BCUT2D eigenvalue weighted by Gasteiger charge is 2.09. The summed E-state index contributed by atoms with van der Waals surface area (Å²) < 4.78 is 12.9. The van der Waals surface area contributed by atoms with E-state index in [-0.39, 0.29) is 6.54 Å². The van der Waals surface area contributed by atoms with Gasteiger partial charge in [-0.3, -0.25) is 4.79 Å². The first-order chi connectivity index (χ1) is 7.00. The Morgan fingerprint density at radius 1 is 1.60 bits per heavy atom. The Kier molecular flexibility index (Phi) is 3.62. The monoisotopic (exact) mass is 213 g/mol. The van der Waals surface area contributed by atoms with Crippen LogP contribution in [0.5, 0.6) is 5.75 Å². The Labute approximate surface area is 86.4 Å². The lowest BCUT2D eigenvalue weighted by Crippen LogP contribution is -2.33. The molecular formula is C10H12FNO3. The molecule has 0 radical (unpaired) electrons. The molecule has 0 aromatic heterocycles. The van der Waals surface area contributed by atoms with E-state index in [0.717, 1.165) is 6.07 Å². The van der Waals surface area contributed by atoms with Crippen molar-refractivity contribution in [3.8, 4) is 5.75 Å². The molecule has 0 spiro atoms. The van der Waals surface area contributed by atoms with Crippen molar-refractivity contribution in [1.29, 1.82) is 0 Å². The number of nitrogens with one attached hydrogen (secondary N) is 1. The molecule has 1 rings (SSSR count). The number of phenolic OH excluding ortho intramolecular Hbond substituents is 1. The molecule has 1 atom stereocenters. The van der Waals surface area contributed by atoms with Gasteiger partial charge in [-0.25, -0.2) is 4.39 Å². The highest BCUT2D eigenvalue weighted by molar-refractivity contribution is 5.72. The molecule has 4 nitrogen and oxygen atoms in total. The third-order valence-corrected chi connectivity index (χ3v) is 1.99. The van der Waals surface area contributed by atoms with E-state index in [2.05, 4.69) is 5.32 Å². The molecule has 5 heteroatoms. The van der Waals surface area contributed by atoms with Crippen LogP contribution in [-0.4, -0.2) is 22.2 Å². The molecule has 0 aliphatic rings. The van der Waals surface area contributed by atoms with Crippen LogP contribution in [0.25, 0.3) is 0 Å². The fourth-order valence-electron chi connectivity index (χ4n) is 1.02. The largest absolute Gasteiger partial charge is 0.505 e. The molecule has 0 fully saturated rings. The van der Waals surface area contributed by atoms with Gasteiger partial charge in [0.25, 0.3) is 0 Å². The molecule has 0 aliphatic heterocycles. The number of hydrogen-bond donors (Lipinski definition) is 3. The zero-order valence-electron chi connectivity index (χ0n) is 8.20. The van der Waals surface area contributed by atoms with Crippen LogP contribution >= 0.6 is 0 Å². The number of halogens is 1. The second-order valence-corrected chi connectivity index (χ2v) is 3.23. The molecule has 1 unspecified atom stereocenters. The van der Waals surface area contributed by atoms with Gasteiger partial charge >= 0.3 is 5.97 Å². The molecule has 1 aromatic carbocycles. The van der Waals surface area contributed by atoms with E-state index < -0.39 is 23.6 Å². The van der Waals surface area contributed by atoms with E-state index in [1.54, 1.807) is 0 Å². The highest BCUT2D eigenvalue weighted by Crippen LogP contribution is 2.15. The quantitative estimate of drug-likeness (QED) is 0.700. The van der Waals surface area contributed by atoms with Crippen LogP contribution in [-0.2, 0) is 11.3 Å². The van der Waals surface area contributed by atoms with Gasteiger partial charge in [-0.15, -0.1) is 0 Å². The molecule has 0 saturated heterocycles. The average Bonchev–Trinajstić information content (AvgIpc) is 2.19. The van der Waals surface area contributed by atoms with Gasteiger partial charge < -0.3 is 15.5 Å². The van der Waals surface area contributed by atoms with Gasteiger partial charge in [0.1, 0.15) is 6.04 Å². The van der Waals surface area contributed by atoms with Gasteiger partial charge in [-0.05, 0) is 24.6 Å². The van der Waals surface area contributed by atoms with Crippen molar-refractivity contribution in [2.75, 3.05) is 0 Å². The maximum Gasteiger partial charge on any atom is 0.320 e. The summed E-state index contributed by atoms with van der Waals surface area (Å²) in [5, 5.41) is 20.2. The number of hydrogen-bond acceptors (Lipinski definition) is 3. The van der Waals surface area contributed by atoms with Crippen LogP contribution in [0.15, 0.2) is 18.2 Å². The van der Waals surface area contributed by atoms with E-state index in [9.17, 15) is 9.18 Å². The van der Waals surface area contributed by atoms with Gasteiger partial charge in [0.05, 0.1) is 0 Å². The van der Waals surface area contributed by atoms with Crippen LogP contribution in [0.4, 0.5) is 4.39 Å². The summed E-state index contributed by atoms with van der Waals surface area (Å²) in [4.78, 5) is 10.5. The summed E-state index contributed by atoms with van der Waals surface area (Å²) in [5.41, 5.74) is 0.582. The first kappa shape index (κ1) is 11.5. The van der Waals surface area contributed by atoms with Crippen LogP contribution in [0, 0.1) is 5.82 Å². The average molecular weight is 213 g/mol. The molecule has 1 aromatic rings. The zero-order chi connectivity index (χ0) is 11.4. The molecule has 0 amide bonds. The lowest BCUT2D eigenvalue weighted by molar-refractivity contribution is -0.139. The fraction of sp³-hybridized carbons (Fsp3) is 0.300. The Bertz CT molecular complexity index is 368. The summed E-state index contributed by atoms with van der Waals surface area (Å²) in [6, 6.07) is 3.23. The lowest BCUT2D eigenvalue weighted by Gasteiger charge is -2.09. The molecule has 0 aliphatic carbocycles. The van der Waals surface area contributed by atoms with Gasteiger partial charge in [-0.2, -0.15) is 0 Å². The number of aromatic hydroxyl groups is 1. The van der Waals surface area contributed by atoms with Crippen molar-refractivity contribution in [2.45, 2.75) is 19.5 Å². The minimum atomic E-state index is -0.964. The lowest BCUT2D eigenvalue weighted by atomic mass is 10.2. The number of benzene rings is 1. The van der Waals surface area contributed by atoms with E-state index >= 15 is 0 Å². The third-order valence-electron chi connectivity index (χ3n) is 1.99. The van der Waals surface area contributed by atoms with Crippen molar-refractivity contribution in [2.24, 2.45) is 0 Å². The fourth-order valence-corrected chi connectivity index (χ4v) is 1.02. The molecule has 0 bridgehead atoms. The molecular weight excluding hydrogens is 201 g/mol. The highest BCUT2D eigenvalue weighted by atomic mass is 19.1. The summed E-state index contributed by atoms with van der Waals surface area (Å²) in [6.45, 7) is 1.74. The number of carbonyl (C=O) groups is 1. The van der Waals surface area contributed by atoms with Crippen molar-refractivity contribution in [3.63, 3.8) is 0 Å². The number of carboxylic acid groups (broad SMARTS) is 1. The van der Waals surface area contributed by atoms with Crippen LogP contribution in [0.2, 0.25) is 0 Å². The number of carboxylic acids is 1. The molecule has 0 saturated carbocycles. The van der Waals surface area contributed by atoms with Crippen molar-refractivity contribution in [1.82, 2.24) is 5.32 Å². The van der Waals surface area contributed by atoms with Gasteiger partial charge in [-0.1, -0.05) is 6.07 Å². The molecule has 15 heavy (non-hydrogen) atoms. The number of phenols is 1. The summed E-state index contributed by atoms with van der Waals surface area (Å²) in [7, 11) is 0. The Hall–Kier alpha value is -1.62. The summed E-state index contributed by atoms with van der Waals surface area (Å²) >= 11 is 0.